The van der Waals surface area contributed by atoms with Crippen LogP contribution in [0.15, 0.2) is 0 Å². The van der Waals surface area contributed by atoms with Gasteiger partial charge >= 0.3 is 12.1 Å². The third kappa shape index (κ3) is 5.68. The van der Waals surface area contributed by atoms with Gasteiger partial charge in [-0.05, 0) is 20.8 Å². The topological polar surface area (TPSA) is 122 Å². The van der Waals surface area contributed by atoms with Crippen LogP contribution in [0.1, 0.15) is 40.0 Å². The number of carbonyl (C=O) groups is 4. The number of aliphatic hydroxyl groups excluding tert-OH is 1. The fourth-order valence-corrected chi connectivity index (χ4v) is 1.55. The number of imide groups is 1. The predicted molar refractivity (Wildman–Crippen MR) is 72.0 cm³/mol. The van der Waals surface area contributed by atoms with Crippen LogP contribution in [0, 0.1) is 0 Å². The molecule has 0 aromatic carbocycles. The SMILES string of the molecule is CC(C)(C)OC(=O)NCC[C@H](O)C(=O)ON1C(=O)CCC1=O. The highest BCUT2D eigenvalue weighted by Crippen LogP contribution is 2.13. The van der Waals surface area contributed by atoms with E-state index in [0.29, 0.717) is 5.06 Å². The molecule has 2 N–H and O–H groups in total. The largest absolute Gasteiger partial charge is 0.444 e. The number of nitrogens with one attached hydrogen (secondary N) is 1. The van der Waals surface area contributed by atoms with Gasteiger partial charge in [-0.2, -0.15) is 0 Å². The van der Waals surface area contributed by atoms with E-state index in [0.717, 1.165) is 0 Å². The third-order valence-electron chi connectivity index (χ3n) is 2.55. The Morgan fingerprint density at radius 3 is 2.32 bits per heavy atom. The number of rotatable bonds is 5. The molecule has 1 fully saturated rings. The number of hydrogen-bond acceptors (Lipinski definition) is 7. The van der Waals surface area contributed by atoms with Crippen LogP contribution in [-0.2, 0) is 24.0 Å². The fraction of sp³-hybridized carbons (Fsp3) is 0.692. The molecule has 1 rings (SSSR count). The van der Waals surface area contributed by atoms with Crippen LogP contribution >= 0.6 is 0 Å². The van der Waals surface area contributed by atoms with Crippen molar-refractivity contribution in [3.05, 3.63) is 0 Å². The van der Waals surface area contributed by atoms with Crippen LogP contribution in [-0.4, -0.2) is 52.3 Å². The van der Waals surface area contributed by atoms with Crippen molar-refractivity contribution in [2.75, 3.05) is 6.54 Å². The first-order chi connectivity index (χ1) is 10.1. The molecule has 0 radical (unpaired) electrons. The van der Waals surface area contributed by atoms with E-state index in [-0.39, 0.29) is 25.8 Å². The molecule has 0 aliphatic carbocycles. The quantitative estimate of drug-likeness (QED) is 0.677. The molecule has 1 aliphatic rings. The van der Waals surface area contributed by atoms with Crippen molar-refractivity contribution >= 4 is 23.9 Å². The van der Waals surface area contributed by atoms with Crippen LogP contribution in [0.3, 0.4) is 0 Å². The second-order valence-corrected chi connectivity index (χ2v) is 5.73. The molecule has 0 unspecified atom stereocenters. The van der Waals surface area contributed by atoms with Gasteiger partial charge in [-0.1, -0.05) is 0 Å². The number of alkyl carbamates (subject to hydrolysis) is 1. The molecule has 9 heteroatoms. The lowest BCUT2D eigenvalue weighted by Gasteiger charge is -2.20. The highest BCUT2D eigenvalue weighted by atomic mass is 16.7. The van der Waals surface area contributed by atoms with E-state index in [4.69, 9.17) is 4.74 Å². The molecule has 1 atom stereocenters. The molecular formula is C13H20N2O7. The van der Waals surface area contributed by atoms with Gasteiger partial charge in [0.2, 0.25) is 0 Å². The lowest BCUT2D eigenvalue weighted by molar-refractivity contribution is -0.203. The molecule has 22 heavy (non-hydrogen) atoms. The molecule has 3 amide bonds. The van der Waals surface area contributed by atoms with Crippen LogP contribution in [0.2, 0.25) is 0 Å². The minimum absolute atomic E-state index is 0.0254. The number of hydroxylamine groups is 2. The minimum Gasteiger partial charge on any atom is -0.444 e. The van der Waals surface area contributed by atoms with Crippen molar-refractivity contribution < 1.29 is 33.9 Å². The third-order valence-corrected chi connectivity index (χ3v) is 2.55. The molecule has 0 saturated carbocycles. The number of ether oxygens (including phenoxy) is 1. The molecular weight excluding hydrogens is 296 g/mol. The Balaban J connectivity index is 2.31. The predicted octanol–water partition coefficient (Wildman–Crippen LogP) is -0.131. The summed E-state index contributed by atoms with van der Waals surface area (Å²) in [7, 11) is 0. The number of carbonyl (C=O) groups excluding carboxylic acids is 4. The summed E-state index contributed by atoms with van der Waals surface area (Å²) < 4.78 is 4.97. The number of nitrogens with zero attached hydrogens (tertiary/aromatic N) is 1. The second-order valence-electron chi connectivity index (χ2n) is 5.73. The molecule has 0 bridgehead atoms. The van der Waals surface area contributed by atoms with Gasteiger partial charge in [0.25, 0.3) is 11.8 Å². The van der Waals surface area contributed by atoms with Gasteiger partial charge in [0.05, 0.1) is 0 Å². The van der Waals surface area contributed by atoms with E-state index in [1.165, 1.54) is 0 Å². The Morgan fingerprint density at radius 2 is 1.82 bits per heavy atom. The Bertz CT molecular complexity index is 453. The molecule has 1 aliphatic heterocycles. The summed E-state index contributed by atoms with van der Waals surface area (Å²) in [5.74, 6) is -2.38. The standard InChI is InChI=1S/C13H20N2O7/c1-13(2,3)21-12(20)14-7-6-8(16)11(19)22-15-9(17)4-5-10(15)18/h8,16H,4-7H2,1-3H3,(H,14,20)/t8-/m0/s1. The maximum Gasteiger partial charge on any atom is 0.407 e. The van der Waals surface area contributed by atoms with Crippen LogP contribution < -0.4 is 5.32 Å². The van der Waals surface area contributed by atoms with Gasteiger partial charge in [0, 0.05) is 25.8 Å². The Morgan fingerprint density at radius 1 is 1.27 bits per heavy atom. The van der Waals surface area contributed by atoms with Crippen molar-refractivity contribution in [3.8, 4) is 0 Å². The summed E-state index contributed by atoms with van der Waals surface area (Å²) in [6.07, 6.45) is -2.45. The lowest BCUT2D eigenvalue weighted by Crippen LogP contribution is -2.38. The van der Waals surface area contributed by atoms with Gasteiger partial charge in [0.15, 0.2) is 6.10 Å². The molecule has 0 aromatic heterocycles. The number of aliphatic hydroxyl groups is 1. The van der Waals surface area contributed by atoms with E-state index >= 15 is 0 Å². The van der Waals surface area contributed by atoms with Crippen molar-refractivity contribution in [1.82, 2.24) is 10.4 Å². The van der Waals surface area contributed by atoms with Crippen molar-refractivity contribution in [3.63, 3.8) is 0 Å². The first kappa shape index (κ1) is 17.9. The summed E-state index contributed by atoms with van der Waals surface area (Å²) in [5.41, 5.74) is -0.655. The maximum atomic E-state index is 11.5. The van der Waals surface area contributed by atoms with E-state index in [9.17, 15) is 24.3 Å². The van der Waals surface area contributed by atoms with Crippen molar-refractivity contribution in [1.29, 1.82) is 0 Å². The van der Waals surface area contributed by atoms with Gasteiger partial charge in [0.1, 0.15) is 5.60 Å². The first-order valence-corrected chi connectivity index (χ1v) is 6.82. The van der Waals surface area contributed by atoms with Crippen LogP contribution in [0.4, 0.5) is 4.79 Å². The van der Waals surface area contributed by atoms with Gasteiger partial charge in [-0.15, -0.1) is 5.06 Å². The first-order valence-electron chi connectivity index (χ1n) is 6.82. The zero-order chi connectivity index (χ0) is 16.9. The summed E-state index contributed by atoms with van der Waals surface area (Å²) >= 11 is 0. The minimum atomic E-state index is -1.57. The highest BCUT2D eigenvalue weighted by Gasteiger charge is 2.34. The van der Waals surface area contributed by atoms with Gasteiger partial charge in [-0.3, -0.25) is 9.59 Å². The molecule has 124 valence electrons. The van der Waals surface area contributed by atoms with E-state index in [1.807, 2.05) is 0 Å². The summed E-state index contributed by atoms with van der Waals surface area (Å²) in [6, 6.07) is 0. The van der Waals surface area contributed by atoms with E-state index in [1.54, 1.807) is 20.8 Å². The van der Waals surface area contributed by atoms with Gasteiger partial charge in [-0.25, -0.2) is 9.59 Å². The van der Waals surface area contributed by atoms with Crippen molar-refractivity contribution in [2.45, 2.75) is 51.7 Å². The Kier molecular flexibility index (Phi) is 5.86. The molecule has 0 aromatic rings. The molecule has 1 heterocycles. The average molecular weight is 316 g/mol. The van der Waals surface area contributed by atoms with Crippen LogP contribution in [0.25, 0.3) is 0 Å². The zero-order valence-corrected chi connectivity index (χ0v) is 12.7. The Labute approximate surface area is 127 Å². The summed E-state index contributed by atoms with van der Waals surface area (Å²) in [5, 5.41) is 12.3. The Hall–Kier alpha value is -2.16. The van der Waals surface area contributed by atoms with Crippen LogP contribution in [0.5, 0.6) is 0 Å². The smallest absolute Gasteiger partial charge is 0.407 e. The van der Waals surface area contributed by atoms with E-state index in [2.05, 4.69) is 10.2 Å². The second kappa shape index (κ2) is 7.21. The average Bonchev–Trinajstić information content (AvgIpc) is 2.68. The zero-order valence-electron chi connectivity index (χ0n) is 12.7. The van der Waals surface area contributed by atoms with Crippen molar-refractivity contribution in [2.24, 2.45) is 0 Å². The highest BCUT2D eigenvalue weighted by molar-refractivity contribution is 6.01. The molecule has 9 nitrogen and oxygen atoms in total. The molecule has 1 saturated heterocycles. The number of amides is 3. The maximum absolute atomic E-state index is 11.5. The number of hydrogen-bond donors (Lipinski definition) is 2. The normalized spacial score (nSPS) is 16.5. The summed E-state index contributed by atoms with van der Waals surface area (Å²) in [4.78, 5) is 49.9. The monoisotopic (exact) mass is 316 g/mol. The lowest BCUT2D eigenvalue weighted by atomic mass is 10.2. The van der Waals surface area contributed by atoms with Gasteiger partial charge < -0.3 is 20.0 Å². The fourth-order valence-electron chi connectivity index (χ4n) is 1.55. The van der Waals surface area contributed by atoms with E-state index < -0.39 is 35.6 Å². The molecule has 0 spiro atoms. The summed E-state index contributed by atoms with van der Waals surface area (Å²) in [6.45, 7) is 5.06.